The molecule has 0 atom stereocenters. The van der Waals surface area contributed by atoms with Crippen molar-refractivity contribution in [3.05, 3.63) is 0 Å². The van der Waals surface area contributed by atoms with Crippen molar-refractivity contribution in [2.75, 3.05) is 51.8 Å². The minimum Gasteiger partial charge on any atom is -0.339 e. The van der Waals surface area contributed by atoms with E-state index >= 15 is 0 Å². The van der Waals surface area contributed by atoms with Gasteiger partial charge in [0.2, 0.25) is 11.8 Å². The lowest BCUT2D eigenvalue weighted by molar-refractivity contribution is -0.138. The number of nitrogens with one attached hydrogen (secondary N) is 1. The number of nitrogens with zero attached hydrogens (tertiary/aromatic N) is 2. The fraction of sp³-hybridized carbons (Fsp3) is 0.800. The molecule has 1 heterocycles. The summed E-state index contributed by atoms with van der Waals surface area (Å²) in [7, 11) is 1.68. The van der Waals surface area contributed by atoms with Crippen molar-refractivity contribution in [3.8, 4) is 0 Å². The second-order valence-corrected chi connectivity index (χ2v) is 4.68. The highest BCUT2D eigenvalue weighted by Crippen LogP contribution is 1.99. The Bertz CT molecular complexity index is 260. The molecule has 7 heteroatoms. The second kappa shape index (κ2) is 8.60. The first-order valence-corrected chi connectivity index (χ1v) is 6.76. The molecule has 0 bridgehead atoms. The number of carbonyl (C=O) groups is 2. The van der Waals surface area contributed by atoms with Crippen molar-refractivity contribution in [1.29, 1.82) is 0 Å². The fourth-order valence-electron chi connectivity index (χ4n) is 1.54. The Morgan fingerprint density at radius 2 is 1.94 bits per heavy atom. The van der Waals surface area contributed by atoms with Crippen molar-refractivity contribution in [3.63, 3.8) is 0 Å². The Kier molecular flexibility index (Phi) is 8.37. The summed E-state index contributed by atoms with van der Waals surface area (Å²) in [4.78, 5) is 26.6. The molecular weight excluding hydrogens is 262 g/mol. The van der Waals surface area contributed by atoms with E-state index in [1.807, 2.05) is 6.26 Å². The largest absolute Gasteiger partial charge is 0.339 e. The van der Waals surface area contributed by atoms with Gasteiger partial charge in [0.05, 0.1) is 12.3 Å². The number of likely N-dealkylation sites (N-methyl/N-ethyl adjacent to an activating group) is 1. The van der Waals surface area contributed by atoms with Gasteiger partial charge in [-0.2, -0.15) is 11.8 Å². The third kappa shape index (κ3) is 5.61. The first kappa shape index (κ1) is 16.5. The van der Waals surface area contributed by atoms with Crippen molar-refractivity contribution < 1.29 is 9.59 Å². The summed E-state index contributed by atoms with van der Waals surface area (Å²) in [6, 6.07) is 0. The van der Waals surface area contributed by atoms with E-state index in [1.54, 1.807) is 11.9 Å². The van der Waals surface area contributed by atoms with Gasteiger partial charge in [0.15, 0.2) is 0 Å². The summed E-state index contributed by atoms with van der Waals surface area (Å²) < 4.78 is 0. The van der Waals surface area contributed by atoms with Crippen LogP contribution in [0.3, 0.4) is 0 Å². The number of hydrogen-bond donors (Lipinski definition) is 1. The molecule has 0 aromatic carbocycles. The van der Waals surface area contributed by atoms with Gasteiger partial charge in [-0.25, -0.2) is 0 Å². The van der Waals surface area contributed by atoms with Gasteiger partial charge in [-0.1, -0.05) is 0 Å². The fourth-order valence-corrected chi connectivity index (χ4v) is 2.01. The Labute approximate surface area is 113 Å². The molecular formula is C10H20ClN3O2S. The average Bonchev–Trinajstić information content (AvgIpc) is 2.30. The SMILES string of the molecule is CSCC(=O)N(C)CC(=O)N1CCNCC1.Cl. The highest BCUT2D eigenvalue weighted by Gasteiger charge is 2.19. The third-order valence-electron chi connectivity index (χ3n) is 2.54. The molecule has 1 aliphatic rings. The molecule has 17 heavy (non-hydrogen) atoms. The van der Waals surface area contributed by atoms with Crippen molar-refractivity contribution in [2.45, 2.75) is 0 Å². The second-order valence-electron chi connectivity index (χ2n) is 3.81. The van der Waals surface area contributed by atoms with Crippen LogP contribution in [0.5, 0.6) is 0 Å². The first-order chi connectivity index (χ1) is 7.65. The van der Waals surface area contributed by atoms with Gasteiger partial charge < -0.3 is 15.1 Å². The molecule has 5 nitrogen and oxygen atoms in total. The molecule has 1 aliphatic heterocycles. The van der Waals surface area contributed by atoms with Crippen LogP contribution in [0.1, 0.15) is 0 Å². The Balaban J connectivity index is 0.00000256. The van der Waals surface area contributed by atoms with E-state index in [0.29, 0.717) is 5.75 Å². The smallest absolute Gasteiger partial charge is 0.242 e. The van der Waals surface area contributed by atoms with Gasteiger partial charge in [0.1, 0.15) is 0 Å². The lowest BCUT2D eigenvalue weighted by atomic mass is 10.3. The average molecular weight is 282 g/mol. The van der Waals surface area contributed by atoms with Gasteiger partial charge in [0, 0.05) is 33.2 Å². The van der Waals surface area contributed by atoms with Crippen molar-refractivity contribution in [2.24, 2.45) is 0 Å². The van der Waals surface area contributed by atoms with Gasteiger partial charge in [-0.15, -0.1) is 12.4 Å². The van der Waals surface area contributed by atoms with Crippen LogP contribution in [0.15, 0.2) is 0 Å². The molecule has 1 saturated heterocycles. The maximum atomic E-state index is 11.8. The van der Waals surface area contributed by atoms with E-state index in [-0.39, 0.29) is 30.8 Å². The van der Waals surface area contributed by atoms with E-state index in [4.69, 9.17) is 0 Å². The molecule has 0 spiro atoms. The normalized spacial score (nSPS) is 15.1. The van der Waals surface area contributed by atoms with Crippen LogP contribution in [0.2, 0.25) is 0 Å². The van der Waals surface area contributed by atoms with E-state index in [0.717, 1.165) is 26.2 Å². The summed E-state index contributed by atoms with van der Waals surface area (Å²) >= 11 is 1.47. The molecule has 1 fully saturated rings. The number of hydrogen-bond acceptors (Lipinski definition) is 4. The van der Waals surface area contributed by atoms with E-state index in [2.05, 4.69) is 5.32 Å². The van der Waals surface area contributed by atoms with Crippen LogP contribution < -0.4 is 5.32 Å². The minimum absolute atomic E-state index is 0. The standard InChI is InChI=1S/C10H19N3O2S.ClH/c1-12(10(15)8-16-2)7-9(14)13-5-3-11-4-6-13;/h11H,3-8H2,1-2H3;1H. The number of carbonyl (C=O) groups excluding carboxylic acids is 2. The highest BCUT2D eigenvalue weighted by molar-refractivity contribution is 7.99. The summed E-state index contributed by atoms with van der Waals surface area (Å²) in [5, 5.41) is 3.19. The van der Waals surface area contributed by atoms with E-state index in [9.17, 15) is 9.59 Å². The van der Waals surface area contributed by atoms with Gasteiger partial charge in [-0.05, 0) is 6.26 Å². The molecule has 0 aromatic rings. The van der Waals surface area contributed by atoms with Crippen molar-refractivity contribution in [1.82, 2.24) is 15.1 Å². The number of amides is 2. The molecule has 0 unspecified atom stereocenters. The number of piperazine rings is 1. The molecule has 0 aliphatic carbocycles. The zero-order valence-corrected chi connectivity index (χ0v) is 11.9. The molecule has 1 N–H and O–H groups in total. The van der Waals surface area contributed by atoms with Gasteiger partial charge >= 0.3 is 0 Å². The van der Waals surface area contributed by atoms with Crippen LogP contribution in [-0.2, 0) is 9.59 Å². The predicted molar refractivity (Wildman–Crippen MR) is 72.7 cm³/mol. The highest BCUT2D eigenvalue weighted by atomic mass is 35.5. The van der Waals surface area contributed by atoms with Gasteiger partial charge in [0.25, 0.3) is 0 Å². The number of halogens is 1. The van der Waals surface area contributed by atoms with Crippen molar-refractivity contribution >= 4 is 36.0 Å². The Morgan fingerprint density at radius 1 is 1.35 bits per heavy atom. The van der Waals surface area contributed by atoms with Crippen LogP contribution >= 0.6 is 24.2 Å². The predicted octanol–water partition coefficient (Wildman–Crippen LogP) is -0.339. The molecule has 0 aromatic heterocycles. The van der Waals surface area contributed by atoms with Crippen LogP contribution in [-0.4, -0.2) is 73.4 Å². The Morgan fingerprint density at radius 3 is 2.47 bits per heavy atom. The maximum absolute atomic E-state index is 11.8. The summed E-state index contributed by atoms with van der Waals surface area (Å²) in [6.07, 6.45) is 1.88. The summed E-state index contributed by atoms with van der Waals surface area (Å²) in [5.41, 5.74) is 0. The van der Waals surface area contributed by atoms with Crippen LogP contribution in [0, 0.1) is 0 Å². The summed E-state index contributed by atoms with van der Waals surface area (Å²) in [5.74, 6) is 0.486. The maximum Gasteiger partial charge on any atom is 0.242 e. The molecule has 0 saturated carbocycles. The lowest BCUT2D eigenvalue weighted by Gasteiger charge is -2.29. The lowest BCUT2D eigenvalue weighted by Crippen LogP contribution is -2.50. The monoisotopic (exact) mass is 281 g/mol. The van der Waals surface area contributed by atoms with Crippen LogP contribution in [0.4, 0.5) is 0 Å². The molecule has 0 radical (unpaired) electrons. The molecule has 1 rings (SSSR count). The number of thioether (sulfide) groups is 1. The Hall–Kier alpha value is -0.460. The minimum atomic E-state index is 0. The zero-order valence-electron chi connectivity index (χ0n) is 10.3. The van der Waals surface area contributed by atoms with E-state index in [1.165, 1.54) is 16.7 Å². The summed E-state index contributed by atoms with van der Waals surface area (Å²) in [6.45, 7) is 3.36. The number of rotatable bonds is 4. The molecule has 2 amide bonds. The van der Waals surface area contributed by atoms with E-state index < -0.39 is 0 Å². The first-order valence-electron chi connectivity index (χ1n) is 5.36. The molecule has 100 valence electrons. The zero-order chi connectivity index (χ0) is 12.0. The third-order valence-corrected chi connectivity index (χ3v) is 3.07. The van der Waals surface area contributed by atoms with Gasteiger partial charge in [-0.3, -0.25) is 9.59 Å². The topological polar surface area (TPSA) is 52.7 Å². The van der Waals surface area contributed by atoms with Crippen LogP contribution in [0.25, 0.3) is 0 Å². The quantitative estimate of drug-likeness (QED) is 0.766.